The lowest BCUT2D eigenvalue weighted by molar-refractivity contribution is -0.132. The molecule has 46 heavy (non-hydrogen) atoms. The molecule has 1 fully saturated rings. The van der Waals surface area contributed by atoms with Crippen molar-refractivity contribution >= 4 is 44.1 Å². The number of Topliss-reactive ketones (excluding diaryl/α,β-unsaturated/α-hetero) is 1. The lowest BCUT2D eigenvalue weighted by atomic mass is 9.93. The number of anilines is 1. The van der Waals surface area contributed by atoms with Crippen molar-refractivity contribution in [3.63, 3.8) is 0 Å². The molecule has 3 heterocycles. The lowest BCUT2D eigenvalue weighted by Crippen LogP contribution is -2.29. The Bertz CT molecular complexity index is 2050. The highest BCUT2D eigenvalue weighted by atomic mass is 32.1. The summed E-state index contributed by atoms with van der Waals surface area (Å²) in [5, 5.41) is 12.2. The van der Waals surface area contributed by atoms with Crippen LogP contribution in [0.5, 0.6) is 17.2 Å². The van der Waals surface area contributed by atoms with Crippen molar-refractivity contribution in [3.05, 3.63) is 118 Å². The minimum absolute atomic E-state index is 0.00874. The molecule has 0 unspecified atom stereocenters. The highest BCUT2D eigenvalue weighted by Crippen LogP contribution is 2.46. The summed E-state index contributed by atoms with van der Waals surface area (Å²) in [5.41, 5.74) is 5.56. The number of methoxy groups -OCH3 is 1. The average molecular weight is 633 g/mol. The van der Waals surface area contributed by atoms with Crippen molar-refractivity contribution in [2.75, 3.05) is 12.0 Å². The van der Waals surface area contributed by atoms with E-state index in [0.717, 1.165) is 38.2 Å². The van der Waals surface area contributed by atoms with E-state index in [1.807, 2.05) is 75.4 Å². The Morgan fingerprint density at radius 3 is 2.61 bits per heavy atom. The molecule has 0 saturated carbocycles. The number of thiazole rings is 1. The number of amides is 1. The number of carbonyl (C=O) groups is 2. The van der Waals surface area contributed by atoms with E-state index < -0.39 is 17.7 Å². The minimum atomic E-state index is -0.970. The Morgan fingerprint density at radius 2 is 1.83 bits per heavy atom. The number of ether oxygens (including phenoxy) is 3. The number of carbonyl (C=O) groups excluding carboxylic acids is 2. The standard InChI is InChI=1S/C37H32N2O6S/c1-20-10-12-27-30(14-20)46-37(38-27)39-32(24-11-13-28(29(18-24)43-4)44-19-23-8-6-5-7-9-23)31(34(41)36(39)42)33(40)25-15-21(2)35-26(17-25)16-22(3)45-35/h5-15,17-18,22,32,40H,16,19H2,1-4H3/t22-,32-/m1/s1. The summed E-state index contributed by atoms with van der Waals surface area (Å²) in [4.78, 5) is 33.9. The highest BCUT2D eigenvalue weighted by molar-refractivity contribution is 7.22. The van der Waals surface area contributed by atoms with Crippen LogP contribution in [-0.2, 0) is 22.6 Å². The average Bonchev–Trinajstić information content (AvgIpc) is 3.72. The van der Waals surface area contributed by atoms with Gasteiger partial charge in [-0.1, -0.05) is 53.8 Å². The highest BCUT2D eigenvalue weighted by Gasteiger charge is 2.48. The second-order valence-corrected chi connectivity index (χ2v) is 12.7. The predicted octanol–water partition coefficient (Wildman–Crippen LogP) is 7.45. The summed E-state index contributed by atoms with van der Waals surface area (Å²) < 4.78 is 18.7. The first-order valence-corrected chi connectivity index (χ1v) is 15.9. The van der Waals surface area contributed by atoms with E-state index in [1.54, 1.807) is 24.3 Å². The van der Waals surface area contributed by atoms with E-state index in [1.165, 1.54) is 23.3 Å². The minimum Gasteiger partial charge on any atom is -0.507 e. The summed E-state index contributed by atoms with van der Waals surface area (Å²) in [7, 11) is 1.54. The number of benzene rings is 4. The molecular formula is C37H32N2O6S. The summed E-state index contributed by atoms with van der Waals surface area (Å²) >= 11 is 1.33. The largest absolute Gasteiger partial charge is 0.507 e. The van der Waals surface area contributed by atoms with E-state index in [9.17, 15) is 14.7 Å². The van der Waals surface area contributed by atoms with Gasteiger partial charge in [0.25, 0.3) is 5.78 Å². The van der Waals surface area contributed by atoms with Crippen molar-refractivity contribution in [2.24, 2.45) is 0 Å². The SMILES string of the molecule is COc1cc([C@@H]2C(=C(O)c3cc(C)c4c(c3)C[C@@H](C)O4)C(=O)C(=O)N2c2nc3ccc(C)cc3s2)ccc1OCc1ccccc1. The Morgan fingerprint density at radius 1 is 1.02 bits per heavy atom. The fourth-order valence-corrected chi connectivity index (χ4v) is 7.28. The van der Waals surface area contributed by atoms with Crippen LogP contribution in [0, 0.1) is 13.8 Å². The van der Waals surface area contributed by atoms with Crippen LogP contribution in [-0.4, -0.2) is 35.0 Å². The van der Waals surface area contributed by atoms with Gasteiger partial charge in [0.2, 0.25) is 0 Å². The first kappa shape index (κ1) is 29.6. The van der Waals surface area contributed by atoms with Crippen molar-refractivity contribution < 1.29 is 28.9 Å². The maximum Gasteiger partial charge on any atom is 0.301 e. The molecule has 8 nitrogen and oxygen atoms in total. The number of hydrogen-bond donors (Lipinski definition) is 1. The third kappa shape index (κ3) is 5.16. The molecule has 1 amide bonds. The molecular weight excluding hydrogens is 600 g/mol. The molecule has 232 valence electrons. The molecule has 1 saturated heterocycles. The van der Waals surface area contributed by atoms with Gasteiger partial charge in [0.1, 0.15) is 24.2 Å². The maximum atomic E-state index is 13.9. The van der Waals surface area contributed by atoms with Crippen molar-refractivity contribution in [3.8, 4) is 17.2 Å². The third-order valence-electron chi connectivity index (χ3n) is 8.38. The number of aliphatic hydroxyl groups excluding tert-OH is 1. The van der Waals surface area contributed by atoms with Gasteiger partial charge in [-0.25, -0.2) is 4.98 Å². The van der Waals surface area contributed by atoms with Crippen LogP contribution in [0.1, 0.15) is 46.3 Å². The lowest BCUT2D eigenvalue weighted by Gasteiger charge is -2.24. The van der Waals surface area contributed by atoms with Gasteiger partial charge in [0.15, 0.2) is 16.6 Å². The van der Waals surface area contributed by atoms with E-state index in [4.69, 9.17) is 19.2 Å². The van der Waals surface area contributed by atoms with Gasteiger partial charge < -0.3 is 19.3 Å². The fraction of sp³-hybridized carbons (Fsp3) is 0.216. The van der Waals surface area contributed by atoms with Gasteiger partial charge in [-0.3, -0.25) is 14.5 Å². The Balaban J connectivity index is 1.36. The van der Waals surface area contributed by atoms with Crippen LogP contribution >= 0.6 is 11.3 Å². The first-order chi connectivity index (χ1) is 22.2. The quantitative estimate of drug-likeness (QED) is 0.113. The molecule has 2 aliphatic heterocycles. The molecule has 1 N–H and O–H groups in total. The number of rotatable bonds is 7. The van der Waals surface area contributed by atoms with E-state index >= 15 is 0 Å². The van der Waals surface area contributed by atoms with Crippen LogP contribution < -0.4 is 19.1 Å². The topological polar surface area (TPSA) is 98.2 Å². The van der Waals surface area contributed by atoms with E-state index in [-0.39, 0.29) is 17.4 Å². The number of aromatic nitrogens is 1. The normalized spacial score (nSPS) is 18.6. The summed E-state index contributed by atoms with van der Waals surface area (Å²) in [6.07, 6.45) is 0.691. The summed E-state index contributed by atoms with van der Waals surface area (Å²) in [5.74, 6) is -0.0766. The van der Waals surface area contributed by atoms with Gasteiger partial charge in [0.05, 0.1) is 28.9 Å². The molecule has 9 heteroatoms. The van der Waals surface area contributed by atoms with Crippen LogP contribution in [0.2, 0.25) is 0 Å². The number of ketones is 1. The van der Waals surface area contributed by atoms with Crippen molar-refractivity contribution in [2.45, 2.75) is 45.9 Å². The van der Waals surface area contributed by atoms with Crippen molar-refractivity contribution in [1.82, 2.24) is 4.98 Å². The number of hydrogen-bond acceptors (Lipinski definition) is 8. The molecule has 1 aromatic heterocycles. The zero-order valence-electron chi connectivity index (χ0n) is 25.9. The number of aliphatic hydroxyl groups is 1. The molecule has 4 aromatic carbocycles. The molecule has 7 rings (SSSR count). The summed E-state index contributed by atoms with van der Waals surface area (Å²) in [6.45, 7) is 6.22. The van der Waals surface area contributed by atoms with Crippen LogP contribution in [0.15, 0.2) is 84.4 Å². The summed E-state index contributed by atoms with van der Waals surface area (Å²) in [6, 6.07) is 23.6. The van der Waals surface area contributed by atoms with Gasteiger partial charge in [0, 0.05) is 12.0 Å². The number of aryl methyl sites for hydroxylation is 2. The fourth-order valence-electron chi connectivity index (χ4n) is 6.19. The Kier molecular flexibility index (Phi) is 7.49. The van der Waals surface area contributed by atoms with Crippen LogP contribution in [0.4, 0.5) is 5.13 Å². The van der Waals surface area contributed by atoms with Crippen molar-refractivity contribution in [1.29, 1.82) is 0 Å². The molecule has 2 aliphatic rings. The zero-order chi connectivity index (χ0) is 32.1. The first-order valence-electron chi connectivity index (χ1n) is 15.0. The van der Waals surface area contributed by atoms with Gasteiger partial charge in [-0.05, 0) is 85.0 Å². The second-order valence-electron chi connectivity index (χ2n) is 11.7. The Hall–Kier alpha value is -5.15. The third-order valence-corrected chi connectivity index (χ3v) is 9.39. The molecule has 0 bridgehead atoms. The van der Waals surface area contributed by atoms with E-state index in [0.29, 0.717) is 40.8 Å². The molecule has 5 aromatic rings. The van der Waals surface area contributed by atoms with Crippen LogP contribution in [0.3, 0.4) is 0 Å². The van der Waals surface area contributed by atoms with Crippen LogP contribution in [0.25, 0.3) is 16.0 Å². The zero-order valence-corrected chi connectivity index (χ0v) is 26.7. The second kappa shape index (κ2) is 11.7. The van der Waals surface area contributed by atoms with E-state index in [2.05, 4.69) is 0 Å². The Labute approximate surface area is 270 Å². The maximum absolute atomic E-state index is 13.9. The smallest absolute Gasteiger partial charge is 0.301 e. The molecule has 0 spiro atoms. The van der Waals surface area contributed by atoms with Gasteiger partial charge in [-0.2, -0.15) is 0 Å². The molecule has 0 radical (unpaired) electrons. The molecule has 0 aliphatic carbocycles. The van der Waals surface area contributed by atoms with Gasteiger partial charge in [-0.15, -0.1) is 0 Å². The molecule has 2 atom stereocenters. The monoisotopic (exact) mass is 632 g/mol. The predicted molar refractivity (Wildman–Crippen MR) is 178 cm³/mol. The van der Waals surface area contributed by atoms with Gasteiger partial charge >= 0.3 is 5.91 Å². The number of nitrogens with zero attached hydrogens (tertiary/aromatic N) is 2. The number of fused-ring (bicyclic) bond motifs is 2.